The second-order valence-electron chi connectivity index (χ2n) is 4.08. The van der Waals surface area contributed by atoms with Gasteiger partial charge < -0.3 is 0 Å². The fraction of sp³-hybridized carbons (Fsp3) is 1.00. The number of hydrogen-bond acceptors (Lipinski definition) is 2. The molecule has 0 aromatic carbocycles. The van der Waals surface area contributed by atoms with Gasteiger partial charge in [-0.3, -0.25) is 5.43 Å². The summed E-state index contributed by atoms with van der Waals surface area (Å²) in [7, 11) is 2.04. The van der Waals surface area contributed by atoms with Crippen LogP contribution in [0.1, 0.15) is 40.0 Å². The molecule has 1 saturated carbocycles. The fourth-order valence-corrected chi connectivity index (χ4v) is 1.96. The lowest BCUT2D eigenvalue weighted by molar-refractivity contribution is 0.0916. The molecule has 1 fully saturated rings. The predicted octanol–water partition coefficient (Wildman–Crippen LogP) is 2.02. The third-order valence-electron chi connectivity index (χ3n) is 2.74. The average molecular weight is 170 g/mol. The average Bonchev–Trinajstić information content (AvgIpc) is 2.81. The maximum absolute atomic E-state index is 3.33. The second-order valence-corrected chi connectivity index (χ2v) is 4.08. The summed E-state index contributed by atoms with van der Waals surface area (Å²) in [5.41, 5.74) is 3.33. The van der Waals surface area contributed by atoms with Gasteiger partial charge in [0.05, 0.1) is 0 Å². The van der Waals surface area contributed by atoms with E-state index in [9.17, 15) is 0 Å². The molecule has 0 aliphatic heterocycles. The Morgan fingerprint density at radius 3 is 2.25 bits per heavy atom. The number of nitrogens with zero attached hydrogens (tertiary/aromatic N) is 1. The Bertz CT molecular complexity index is 122. The zero-order valence-corrected chi connectivity index (χ0v) is 8.80. The highest BCUT2D eigenvalue weighted by molar-refractivity contribution is 4.86. The van der Waals surface area contributed by atoms with Crippen molar-refractivity contribution in [3.8, 4) is 0 Å². The normalized spacial score (nSPS) is 20.5. The van der Waals surface area contributed by atoms with Crippen LogP contribution in [0.25, 0.3) is 0 Å². The molecule has 12 heavy (non-hydrogen) atoms. The van der Waals surface area contributed by atoms with Crippen LogP contribution in [0.5, 0.6) is 0 Å². The topological polar surface area (TPSA) is 15.3 Å². The molecule has 1 aliphatic carbocycles. The maximum atomic E-state index is 3.33. The van der Waals surface area contributed by atoms with Crippen molar-refractivity contribution in [2.45, 2.75) is 52.1 Å². The highest BCUT2D eigenvalue weighted by Gasteiger charge is 2.33. The molecule has 0 radical (unpaired) electrons. The fourth-order valence-electron chi connectivity index (χ4n) is 1.96. The molecule has 0 aromatic heterocycles. The van der Waals surface area contributed by atoms with Crippen LogP contribution >= 0.6 is 0 Å². The summed E-state index contributed by atoms with van der Waals surface area (Å²) in [6.45, 7) is 6.89. The summed E-state index contributed by atoms with van der Waals surface area (Å²) >= 11 is 0. The van der Waals surface area contributed by atoms with E-state index < -0.39 is 0 Å². The third kappa shape index (κ3) is 2.20. The van der Waals surface area contributed by atoms with Crippen LogP contribution in [0.4, 0.5) is 0 Å². The molecule has 0 aromatic rings. The molecule has 0 saturated heterocycles. The van der Waals surface area contributed by atoms with Gasteiger partial charge in [0.15, 0.2) is 0 Å². The Hall–Kier alpha value is -0.0800. The van der Waals surface area contributed by atoms with Crippen molar-refractivity contribution in [2.24, 2.45) is 5.92 Å². The van der Waals surface area contributed by atoms with Gasteiger partial charge in [-0.25, -0.2) is 5.01 Å². The smallest absolute Gasteiger partial charge is 0.0266 e. The van der Waals surface area contributed by atoms with E-state index in [1.165, 1.54) is 19.3 Å². The molecule has 1 aliphatic rings. The van der Waals surface area contributed by atoms with Gasteiger partial charge in [-0.05, 0) is 32.2 Å². The largest absolute Gasteiger partial charge is 0.258 e. The second kappa shape index (κ2) is 4.24. The van der Waals surface area contributed by atoms with Gasteiger partial charge >= 0.3 is 0 Å². The highest BCUT2D eigenvalue weighted by atomic mass is 15.5. The predicted molar refractivity (Wildman–Crippen MR) is 52.8 cm³/mol. The highest BCUT2D eigenvalue weighted by Crippen LogP contribution is 2.29. The van der Waals surface area contributed by atoms with Crippen LogP contribution < -0.4 is 5.43 Å². The summed E-state index contributed by atoms with van der Waals surface area (Å²) in [6, 6.07) is 1.53. The van der Waals surface area contributed by atoms with Crippen molar-refractivity contribution in [1.82, 2.24) is 10.4 Å². The molecule has 2 nitrogen and oxygen atoms in total. The molecular formula is C10H22N2. The molecule has 1 rings (SSSR count). The first kappa shape index (κ1) is 10.0. The van der Waals surface area contributed by atoms with Gasteiger partial charge in [-0.15, -0.1) is 0 Å². The molecular weight excluding hydrogens is 148 g/mol. The number of nitrogens with one attached hydrogen (secondary N) is 1. The summed E-state index contributed by atoms with van der Waals surface area (Å²) in [5, 5.41) is 2.45. The van der Waals surface area contributed by atoms with Gasteiger partial charge in [-0.2, -0.15) is 0 Å². The van der Waals surface area contributed by atoms with E-state index in [0.717, 1.165) is 12.0 Å². The van der Waals surface area contributed by atoms with Crippen LogP contribution in [0.15, 0.2) is 0 Å². The molecule has 2 heteroatoms. The van der Waals surface area contributed by atoms with Crippen LogP contribution in [-0.4, -0.2) is 24.1 Å². The minimum Gasteiger partial charge on any atom is -0.258 e. The van der Waals surface area contributed by atoms with E-state index >= 15 is 0 Å². The maximum Gasteiger partial charge on any atom is 0.0266 e. The molecule has 72 valence electrons. The SMILES string of the molecule is CCC(C(C)C)N(NC)C1CC1. The standard InChI is InChI=1S/C10H22N2/c1-5-10(8(2)3)12(11-4)9-6-7-9/h8-11H,5-7H2,1-4H3. The van der Waals surface area contributed by atoms with Crippen molar-refractivity contribution in [2.75, 3.05) is 7.05 Å². The summed E-state index contributed by atoms with van der Waals surface area (Å²) in [5.74, 6) is 0.753. The molecule has 0 spiro atoms. The Labute approximate surface area is 76.3 Å². The van der Waals surface area contributed by atoms with Gasteiger partial charge in [0, 0.05) is 12.1 Å². The molecule has 1 atom stereocenters. The Morgan fingerprint density at radius 1 is 1.42 bits per heavy atom. The molecule has 1 N–H and O–H groups in total. The van der Waals surface area contributed by atoms with Gasteiger partial charge in [0.2, 0.25) is 0 Å². The van der Waals surface area contributed by atoms with Crippen molar-refractivity contribution >= 4 is 0 Å². The van der Waals surface area contributed by atoms with Crippen molar-refractivity contribution in [1.29, 1.82) is 0 Å². The van der Waals surface area contributed by atoms with Crippen molar-refractivity contribution in [3.05, 3.63) is 0 Å². The first-order chi connectivity index (χ1) is 5.70. The Kier molecular flexibility index (Phi) is 3.53. The minimum atomic E-state index is 0.711. The van der Waals surface area contributed by atoms with Gasteiger partial charge in [-0.1, -0.05) is 20.8 Å². The van der Waals surface area contributed by atoms with Gasteiger partial charge in [0.25, 0.3) is 0 Å². The van der Waals surface area contributed by atoms with Gasteiger partial charge in [0.1, 0.15) is 0 Å². The lowest BCUT2D eigenvalue weighted by Gasteiger charge is -2.33. The van der Waals surface area contributed by atoms with E-state index in [1.807, 2.05) is 7.05 Å². The number of hydrazine groups is 1. The molecule has 0 amide bonds. The summed E-state index contributed by atoms with van der Waals surface area (Å²) in [6.07, 6.45) is 4.00. The van der Waals surface area contributed by atoms with E-state index in [4.69, 9.17) is 0 Å². The minimum absolute atomic E-state index is 0.711. The zero-order chi connectivity index (χ0) is 9.14. The third-order valence-corrected chi connectivity index (χ3v) is 2.74. The van der Waals surface area contributed by atoms with Crippen LogP contribution in [-0.2, 0) is 0 Å². The van der Waals surface area contributed by atoms with Crippen LogP contribution in [0.2, 0.25) is 0 Å². The Balaban J connectivity index is 2.47. The van der Waals surface area contributed by atoms with Crippen LogP contribution in [0.3, 0.4) is 0 Å². The van der Waals surface area contributed by atoms with Crippen molar-refractivity contribution < 1.29 is 0 Å². The molecule has 1 unspecified atom stereocenters. The van der Waals surface area contributed by atoms with E-state index in [0.29, 0.717) is 6.04 Å². The first-order valence-electron chi connectivity index (χ1n) is 5.16. The Morgan fingerprint density at radius 2 is 2.00 bits per heavy atom. The number of rotatable bonds is 5. The zero-order valence-electron chi connectivity index (χ0n) is 8.80. The summed E-state index contributed by atoms with van der Waals surface area (Å²) in [4.78, 5) is 0. The summed E-state index contributed by atoms with van der Waals surface area (Å²) < 4.78 is 0. The van der Waals surface area contributed by atoms with E-state index in [-0.39, 0.29) is 0 Å². The van der Waals surface area contributed by atoms with Crippen molar-refractivity contribution in [3.63, 3.8) is 0 Å². The van der Waals surface area contributed by atoms with Crippen LogP contribution in [0, 0.1) is 5.92 Å². The molecule has 0 heterocycles. The lowest BCUT2D eigenvalue weighted by atomic mass is 10.0. The lowest BCUT2D eigenvalue weighted by Crippen LogP contribution is -2.47. The molecule has 0 bridgehead atoms. The quantitative estimate of drug-likeness (QED) is 0.635. The van der Waals surface area contributed by atoms with E-state index in [2.05, 4.69) is 31.2 Å². The monoisotopic (exact) mass is 170 g/mol. The first-order valence-corrected chi connectivity index (χ1v) is 5.16. The number of hydrogen-bond donors (Lipinski definition) is 1. The van der Waals surface area contributed by atoms with E-state index in [1.54, 1.807) is 0 Å².